The molecule has 2 aromatic carbocycles. The number of carbonyl (C=O) groups excluding carboxylic acids is 1. The molecule has 0 saturated heterocycles. The Kier molecular flexibility index (Phi) is 9.75. The van der Waals surface area contributed by atoms with E-state index < -0.39 is 22.8 Å². The molecule has 7 N–H and O–H groups in total. The minimum Gasteiger partial charge on any atom is -0.444 e. The molecule has 220 valence electrons. The first-order valence-electron chi connectivity index (χ1n) is 13.4. The second kappa shape index (κ2) is 12.7. The molecule has 2 aromatic heterocycles. The second-order valence-corrected chi connectivity index (χ2v) is 11.7. The summed E-state index contributed by atoms with van der Waals surface area (Å²) in [7, 11) is 0. The summed E-state index contributed by atoms with van der Waals surface area (Å²) in [5.74, 6) is 1.06. The number of H-pyrrole nitrogens is 2. The molecule has 1 amide bonds. The Hall–Kier alpha value is -3.99. The summed E-state index contributed by atoms with van der Waals surface area (Å²) in [5, 5.41) is 21.6. The lowest BCUT2D eigenvalue weighted by Gasteiger charge is -2.28. The molecule has 0 bridgehead atoms. The number of alkyl carbamates (subject to hydrolysis) is 1. The van der Waals surface area contributed by atoms with Gasteiger partial charge < -0.3 is 36.0 Å². The summed E-state index contributed by atoms with van der Waals surface area (Å²) in [6, 6.07) is 16.2. The third-order valence-electron chi connectivity index (χ3n) is 6.36. The number of aliphatic hydroxyl groups excluding tert-OH is 2. The molecular formula is C31H42N6O4. The summed E-state index contributed by atoms with van der Waals surface area (Å²) in [6.45, 7) is 12.4. The number of nitrogens with two attached hydrogens (primary N) is 1. The van der Waals surface area contributed by atoms with E-state index in [2.05, 4.69) is 25.3 Å². The molecule has 0 saturated carbocycles. The number of nitrogens with zero attached hydrogens (tertiary/aromatic N) is 2. The molecule has 4 rings (SSSR count). The molecule has 0 radical (unpaired) electrons. The van der Waals surface area contributed by atoms with E-state index in [1.165, 1.54) is 11.1 Å². The Balaban J connectivity index is 0.000000239. The minimum absolute atomic E-state index is 0.145. The lowest BCUT2D eigenvalue weighted by Crippen LogP contribution is -2.48. The van der Waals surface area contributed by atoms with Gasteiger partial charge in [-0.2, -0.15) is 0 Å². The number of aromatic nitrogens is 4. The van der Waals surface area contributed by atoms with Crippen molar-refractivity contribution in [2.75, 3.05) is 13.2 Å². The van der Waals surface area contributed by atoms with Gasteiger partial charge in [0, 0.05) is 0 Å². The van der Waals surface area contributed by atoms with E-state index in [-0.39, 0.29) is 13.2 Å². The van der Waals surface area contributed by atoms with E-state index >= 15 is 0 Å². The predicted molar refractivity (Wildman–Crippen MR) is 160 cm³/mol. The van der Waals surface area contributed by atoms with Crippen LogP contribution in [0.3, 0.4) is 0 Å². The van der Waals surface area contributed by atoms with Gasteiger partial charge in [0.1, 0.15) is 22.8 Å². The highest BCUT2D eigenvalue weighted by atomic mass is 16.6. The fraction of sp³-hybridized carbons (Fsp3) is 0.387. The van der Waals surface area contributed by atoms with Crippen LogP contribution in [0.15, 0.2) is 60.9 Å². The highest BCUT2D eigenvalue weighted by molar-refractivity contribution is 5.69. The Labute approximate surface area is 241 Å². The van der Waals surface area contributed by atoms with Gasteiger partial charge >= 0.3 is 6.09 Å². The molecule has 0 aliphatic heterocycles. The van der Waals surface area contributed by atoms with Gasteiger partial charge in [-0.15, -0.1) is 0 Å². The summed E-state index contributed by atoms with van der Waals surface area (Å²) < 4.78 is 5.26. The number of imidazole rings is 2. The maximum atomic E-state index is 12.0. The molecule has 0 aliphatic rings. The topological polar surface area (TPSA) is 162 Å². The van der Waals surface area contributed by atoms with Crippen molar-refractivity contribution in [1.29, 1.82) is 0 Å². The number of ether oxygens (including phenoxy) is 1. The first-order valence-corrected chi connectivity index (χ1v) is 13.4. The van der Waals surface area contributed by atoms with Crippen molar-refractivity contribution < 1.29 is 19.7 Å². The molecule has 41 heavy (non-hydrogen) atoms. The zero-order valence-electron chi connectivity index (χ0n) is 24.9. The van der Waals surface area contributed by atoms with Crippen LogP contribution in [0.4, 0.5) is 4.79 Å². The van der Waals surface area contributed by atoms with Crippen LogP contribution < -0.4 is 11.1 Å². The number of hydrogen-bond donors (Lipinski definition) is 6. The third kappa shape index (κ3) is 8.50. The largest absolute Gasteiger partial charge is 0.444 e. The SMILES string of the molecule is Cc1ccc(-c2cnc(C(C)(CO)NC(=O)OC(C)(C)C)[nH]2)cc1.Cc1ccc(-c2cnc(C(C)(N)CO)[nH]2)cc1. The second-order valence-electron chi connectivity index (χ2n) is 11.7. The van der Waals surface area contributed by atoms with E-state index in [9.17, 15) is 15.0 Å². The van der Waals surface area contributed by atoms with E-state index in [4.69, 9.17) is 10.5 Å². The van der Waals surface area contributed by atoms with Gasteiger partial charge in [-0.3, -0.25) is 0 Å². The van der Waals surface area contributed by atoms with Crippen molar-refractivity contribution in [3.63, 3.8) is 0 Å². The van der Waals surface area contributed by atoms with E-state index in [1.807, 2.05) is 62.4 Å². The van der Waals surface area contributed by atoms with Crippen LogP contribution in [0.25, 0.3) is 22.5 Å². The standard InChI is InChI=1S/C18H25N3O3.C13H17N3O/c1-12-6-8-13(9-7-12)14-10-19-15(20-14)18(5,11-22)21-16(23)24-17(2,3)4;1-9-3-5-10(6-4-9)11-7-15-12(16-11)13(2,14)8-17/h6-10,22H,11H2,1-5H3,(H,19,20)(H,21,23);3-7,17H,8,14H2,1-2H3,(H,15,16). The van der Waals surface area contributed by atoms with Gasteiger partial charge in [-0.25, -0.2) is 14.8 Å². The molecule has 0 spiro atoms. The number of amides is 1. The van der Waals surface area contributed by atoms with Gasteiger partial charge in [0.2, 0.25) is 0 Å². The average molecular weight is 563 g/mol. The van der Waals surface area contributed by atoms with Crippen LogP contribution in [-0.4, -0.2) is 55.1 Å². The number of benzene rings is 2. The quantitative estimate of drug-likeness (QED) is 0.191. The average Bonchev–Trinajstić information content (AvgIpc) is 3.60. The number of carbonyl (C=O) groups is 1. The van der Waals surface area contributed by atoms with Gasteiger partial charge in [0.05, 0.1) is 42.5 Å². The Morgan fingerprint density at radius 1 is 0.805 bits per heavy atom. The van der Waals surface area contributed by atoms with Crippen molar-refractivity contribution in [1.82, 2.24) is 25.3 Å². The molecule has 2 heterocycles. The molecule has 2 atom stereocenters. The Bertz CT molecular complexity index is 1420. The smallest absolute Gasteiger partial charge is 0.408 e. The van der Waals surface area contributed by atoms with Crippen LogP contribution in [0.1, 0.15) is 57.4 Å². The summed E-state index contributed by atoms with van der Waals surface area (Å²) >= 11 is 0. The molecule has 10 nitrogen and oxygen atoms in total. The fourth-order valence-electron chi connectivity index (χ4n) is 3.75. The van der Waals surface area contributed by atoms with Crippen LogP contribution >= 0.6 is 0 Å². The van der Waals surface area contributed by atoms with Gasteiger partial charge in [-0.1, -0.05) is 59.7 Å². The molecule has 0 fully saturated rings. The van der Waals surface area contributed by atoms with E-state index in [0.29, 0.717) is 11.6 Å². The summed E-state index contributed by atoms with van der Waals surface area (Å²) in [4.78, 5) is 26.9. The van der Waals surface area contributed by atoms with Gasteiger partial charge in [0.15, 0.2) is 0 Å². The van der Waals surface area contributed by atoms with Crippen LogP contribution in [0.5, 0.6) is 0 Å². The summed E-state index contributed by atoms with van der Waals surface area (Å²) in [6.07, 6.45) is 2.82. The Morgan fingerprint density at radius 3 is 1.66 bits per heavy atom. The predicted octanol–water partition coefficient (Wildman–Crippen LogP) is 4.67. The van der Waals surface area contributed by atoms with Crippen molar-refractivity contribution >= 4 is 6.09 Å². The maximum absolute atomic E-state index is 12.0. The van der Waals surface area contributed by atoms with Gasteiger partial charge in [0.25, 0.3) is 0 Å². The van der Waals surface area contributed by atoms with Crippen LogP contribution in [0.2, 0.25) is 0 Å². The highest BCUT2D eigenvalue weighted by Gasteiger charge is 2.33. The molecule has 4 aromatic rings. The molecular weight excluding hydrogens is 520 g/mol. The zero-order chi connectivity index (χ0) is 30.4. The lowest BCUT2D eigenvalue weighted by molar-refractivity contribution is 0.0403. The van der Waals surface area contributed by atoms with Crippen molar-refractivity contribution in [2.45, 2.75) is 65.1 Å². The highest BCUT2D eigenvalue weighted by Crippen LogP contribution is 2.24. The van der Waals surface area contributed by atoms with Gasteiger partial charge in [-0.05, 0) is 59.6 Å². The van der Waals surface area contributed by atoms with Crippen molar-refractivity contribution in [2.24, 2.45) is 5.73 Å². The number of nitrogens with one attached hydrogen (secondary N) is 3. The first kappa shape index (κ1) is 31.5. The fourth-order valence-corrected chi connectivity index (χ4v) is 3.75. The number of aliphatic hydroxyl groups is 2. The molecule has 0 aliphatic carbocycles. The van der Waals surface area contributed by atoms with E-state index in [1.54, 1.807) is 47.0 Å². The lowest BCUT2D eigenvalue weighted by atomic mass is 10.0. The third-order valence-corrected chi connectivity index (χ3v) is 6.36. The number of aromatic amines is 2. The number of aryl methyl sites for hydroxylation is 2. The minimum atomic E-state index is -1.06. The maximum Gasteiger partial charge on any atom is 0.408 e. The molecule has 2 unspecified atom stereocenters. The van der Waals surface area contributed by atoms with Crippen LogP contribution in [-0.2, 0) is 15.8 Å². The number of hydrogen-bond acceptors (Lipinski definition) is 7. The van der Waals surface area contributed by atoms with Crippen LogP contribution in [0, 0.1) is 13.8 Å². The molecule has 10 heteroatoms. The van der Waals surface area contributed by atoms with E-state index in [0.717, 1.165) is 22.5 Å². The first-order chi connectivity index (χ1) is 19.2. The monoisotopic (exact) mass is 562 g/mol. The normalized spacial score (nSPS) is 14.3. The summed E-state index contributed by atoms with van der Waals surface area (Å²) in [5.41, 5.74) is 9.55. The zero-order valence-corrected chi connectivity index (χ0v) is 24.9. The Morgan fingerprint density at radius 2 is 1.24 bits per heavy atom. The van der Waals surface area contributed by atoms with Crippen molar-refractivity contribution in [3.8, 4) is 22.5 Å². The van der Waals surface area contributed by atoms with Crippen molar-refractivity contribution in [3.05, 3.63) is 83.7 Å². The number of rotatable bonds is 7.